The molecule has 1 aromatic heterocycles. The van der Waals surface area contributed by atoms with E-state index in [0.717, 1.165) is 53.7 Å². The van der Waals surface area contributed by atoms with Crippen LogP contribution in [0.5, 0.6) is 0 Å². The van der Waals surface area contributed by atoms with Crippen molar-refractivity contribution in [1.82, 2.24) is 20.1 Å². The molecule has 0 spiro atoms. The molecule has 1 N–H and O–H groups in total. The molecule has 1 fully saturated rings. The summed E-state index contributed by atoms with van der Waals surface area (Å²) >= 11 is 8.01. The third-order valence-electron chi connectivity index (χ3n) is 6.41. The van der Waals surface area contributed by atoms with E-state index >= 15 is 0 Å². The Morgan fingerprint density at radius 2 is 1.88 bits per heavy atom. The van der Waals surface area contributed by atoms with Gasteiger partial charge in [-0.15, -0.1) is 10.2 Å². The molecule has 1 aliphatic rings. The fraction of sp³-hybridized carbons (Fsp3) is 0.423. The van der Waals surface area contributed by atoms with Gasteiger partial charge in [0.25, 0.3) is 0 Å². The minimum Gasteiger partial charge on any atom is -0.346 e. The molecule has 0 aliphatic heterocycles. The van der Waals surface area contributed by atoms with Gasteiger partial charge in [0.2, 0.25) is 5.91 Å². The highest BCUT2D eigenvalue weighted by molar-refractivity contribution is 7.98. The number of carbonyl (C=O) groups is 1. The van der Waals surface area contributed by atoms with Crippen molar-refractivity contribution in [2.24, 2.45) is 5.92 Å². The molecule has 7 heteroatoms. The van der Waals surface area contributed by atoms with Gasteiger partial charge in [-0.3, -0.25) is 9.36 Å². The van der Waals surface area contributed by atoms with Gasteiger partial charge in [-0.05, 0) is 62.4 Å². The second kappa shape index (κ2) is 10.7. The Bertz CT molecular complexity index is 1120. The number of carbonyl (C=O) groups excluding carboxylic acids is 1. The molecule has 174 valence electrons. The van der Waals surface area contributed by atoms with E-state index < -0.39 is 0 Å². The Balaban J connectivity index is 1.64. The second-order valence-corrected chi connectivity index (χ2v) is 10.3. The average molecular weight is 483 g/mol. The molecule has 1 amide bonds. The zero-order valence-corrected chi connectivity index (χ0v) is 21.0. The van der Waals surface area contributed by atoms with Crippen molar-refractivity contribution < 1.29 is 4.79 Å². The van der Waals surface area contributed by atoms with Gasteiger partial charge in [0, 0.05) is 16.7 Å². The number of hydrogen-bond donors (Lipinski definition) is 1. The van der Waals surface area contributed by atoms with Crippen molar-refractivity contribution in [3.8, 4) is 5.69 Å². The number of hydrogen-bond acceptors (Lipinski definition) is 4. The van der Waals surface area contributed by atoms with Gasteiger partial charge in [0.1, 0.15) is 0 Å². The zero-order valence-electron chi connectivity index (χ0n) is 19.5. The van der Waals surface area contributed by atoms with E-state index in [4.69, 9.17) is 11.6 Å². The van der Waals surface area contributed by atoms with Crippen LogP contribution in [-0.4, -0.2) is 20.7 Å². The van der Waals surface area contributed by atoms with Crippen LogP contribution in [0.1, 0.15) is 67.6 Å². The first-order chi connectivity index (χ1) is 15.9. The fourth-order valence-corrected chi connectivity index (χ4v) is 5.57. The summed E-state index contributed by atoms with van der Waals surface area (Å²) in [6.07, 6.45) is 5.42. The smallest absolute Gasteiger partial charge is 0.223 e. The summed E-state index contributed by atoms with van der Waals surface area (Å²) in [5.41, 5.74) is 4.53. The van der Waals surface area contributed by atoms with Crippen LogP contribution in [0.15, 0.2) is 47.6 Å². The molecular weight excluding hydrogens is 452 g/mol. The third-order valence-corrected chi connectivity index (χ3v) is 7.62. The van der Waals surface area contributed by atoms with Crippen molar-refractivity contribution >= 4 is 29.3 Å². The summed E-state index contributed by atoms with van der Waals surface area (Å²) < 4.78 is 2.05. The standard InChI is InChI=1S/C26H31ClN4OS/c1-17-9-7-8-12-21(17)16-33-26-30-29-24(31(26)23-15-22(27)14-13-18(23)2)19(3)28-25(32)20-10-5-4-6-11-20/h7-9,12-15,19-20H,4-6,10-11,16H2,1-3H3,(H,28,32). The summed E-state index contributed by atoms with van der Waals surface area (Å²) in [6.45, 7) is 6.16. The first-order valence-corrected chi connectivity index (χ1v) is 13.0. The number of benzene rings is 2. The van der Waals surface area contributed by atoms with E-state index in [0.29, 0.717) is 5.02 Å². The maximum atomic E-state index is 12.9. The Morgan fingerprint density at radius 3 is 2.64 bits per heavy atom. The normalized spacial score (nSPS) is 15.4. The number of thioether (sulfide) groups is 1. The van der Waals surface area contributed by atoms with Crippen LogP contribution in [0.2, 0.25) is 5.02 Å². The summed E-state index contributed by atoms with van der Waals surface area (Å²) in [6, 6.07) is 13.9. The maximum Gasteiger partial charge on any atom is 0.223 e. The minimum atomic E-state index is -0.266. The zero-order chi connectivity index (χ0) is 23.4. The van der Waals surface area contributed by atoms with E-state index in [1.165, 1.54) is 17.5 Å². The van der Waals surface area contributed by atoms with Crippen LogP contribution < -0.4 is 5.32 Å². The van der Waals surface area contributed by atoms with Crippen molar-refractivity contribution in [3.05, 3.63) is 70.0 Å². The minimum absolute atomic E-state index is 0.0976. The van der Waals surface area contributed by atoms with Gasteiger partial charge in [-0.1, -0.05) is 73.0 Å². The monoisotopic (exact) mass is 482 g/mol. The summed E-state index contributed by atoms with van der Waals surface area (Å²) in [7, 11) is 0. The van der Waals surface area contributed by atoms with Crippen LogP contribution in [0.4, 0.5) is 0 Å². The lowest BCUT2D eigenvalue weighted by atomic mass is 9.88. The number of aryl methyl sites for hydroxylation is 2. The van der Waals surface area contributed by atoms with Crippen LogP contribution in [0.3, 0.4) is 0 Å². The molecule has 2 aromatic carbocycles. The Labute approximate surface area is 205 Å². The van der Waals surface area contributed by atoms with Gasteiger partial charge >= 0.3 is 0 Å². The fourth-order valence-electron chi connectivity index (χ4n) is 4.38. The summed E-state index contributed by atoms with van der Waals surface area (Å²) in [4.78, 5) is 12.9. The number of rotatable bonds is 7. The lowest BCUT2D eigenvalue weighted by Crippen LogP contribution is -2.34. The van der Waals surface area contributed by atoms with Crippen molar-refractivity contribution in [2.45, 2.75) is 69.8 Å². The van der Waals surface area contributed by atoms with E-state index in [1.54, 1.807) is 11.8 Å². The van der Waals surface area contributed by atoms with Gasteiger partial charge in [-0.2, -0.15) is 0 Å². The molecule has 3 aromatic rings. The highest BCUT2D eigenvalue weighted by atomic mass is 35.5. The quantitative estimate of drug-likeness (QED) is 0.386. The molecule has 0 bridgehead atoms. The number of amides is 1. The van der Waals surface area contributed by atoms with Crippen LogP contribution >= 0.6 is 23.4 Å². The van der Waals surface area contributed by atoms with E-state index in [2.05, 4.69) is 58.2 Å². The SMILES string of the molecule is Cc1ccccc1CSc1nnc(C(C)NC(=O)C2CCCCC2)n1-c1cc(Cl)ccc1C. The number of nitrogens with zero attached hydrogens (tertiary/aromatic N) is 3. The van der Waals surface area contributed by atoms with Gasteiger partial charge in [0.05, 0.1) is 11.7 Å². The molecular formula is C26H31ClN4OS. The molecule has 0 radical (unpaired) electrons. The second-order valence-electron chi connectivity index (χ2n) is 8.89. The number of aromatic nitrogens is 3. The van der Waals surface area contributed by atoms with E-state index in [1.807, 2.05) is 25.1 Å². The largest absolute Gasteiger partial charge is 0.346 e. The Kier molecular flexibility index (Phi) is 7.76. The molecule has 0 saturated heterocycles. The Hall–Kier alpha value is -2.31. The average Bonchev–Trinajstić information content (AvgIpc) is 3.24. The molecule has 1 saturated carbocycles. The highest BCUT2D eigenvalue weighted by Gasteiger charge is 2.26. The molecule has 1 unspecified atom stereocenters. The third kappa shape index (κ3) is 5.61. The summed E-state index contributed by atoms with van der Waals surface area (Å²) in [5, 5.41) is 13.7. The summed E-state index contributed by atoms with van der Waals surface area (Å²) in [5.74, 6) is 1.72. The molecule has 1 heterocycles. The molecule has 1 aliphatic carbocycles. The lowest BCUT2D eigenvalue weighted by Gasteiger charge is -2.23. The van der Waals surface area contributed by atoms with E-state index in [-0.39, 0.29) is 17.9 Å². The van der Waals surface area contributed by atoms with Crippen LogP contribution in [0, 0.1) is 19.8 Å². The molecule has 33 heavy (non-hydrogen) atoms. The van der Waals surface area contributed by atoms with Crippen molar-refractivity contribution in [2.75, 3.05) is 0 Å². The molecule has 4 rings (SSSR count). The maximum absolute atomic E-state index is 12.9. The highest BCUT2D eigenvalue weighted by Crippen LogP contribution is 2.31. The van der Waals surface area contributed by atoms with Gasteiger partial charge in [0.15, 0.2) is 11.0 Å². The molecule has 1 atom stereocenters. The number of halogens is 1. The van der Waals surface area contributed by atoms with E-state index in [9.17, 15) is 4.79 Å². The van der Waals surface area contributed by atoms with Gasteiger partial charge < -0.3 is 5.32 Å². The van der Waals surface area contributed by atoms with Crippen LogP contribution in [0.25, 0.3) is 5.69 Å². The van der Waals surface area contributed by atoms with Crippen molar-refractivity contribution in [3.63, 3.8) is 0 Å². The first kappa shape index (κ1) is 23.8. The predicted octanol–water partition coefficient (Wildman–Crippen LogP) is 6.59. The first-order valence-electron chi connectivity index (χ1n) is 11.6. The van der Waals surface area contributed by atoms with Crippen molar-refractivity contribution in [1.29, 1.82) is 0 Å². The van der Waals surface area contributed by atoms with Crippen LogP contribution in [-0.2, 0) is 10.5 Å². The predicted molar refractivity (Wildman–Crippen MR) is 135 cm³/mol. The topological polar surface area (TPSA) is 59.8 Å². The Morgan fingerprint density at radius 1 is 1.12 bits per heavy atom. The van der Waals surface area contributed by atoms with Gasteiger partial charge in [-0.25, -0.2) is 0 Å². The molecule has 5 nitrogen and oxygen atoms in total. The number of nitrogens with one attached hydrogen (secondary N) is 1. The lowest BCUT2D eigenvalue weighted by molar-refractivity contribution is -0.126.